The topological polar surface area (TPSA) is 98.5 Å². The Balaban J connectivity index is 6.23. The second-order valence-electron chi connectivity index (χ2n) is 5.39. The fourth-order valence-corrected chi connectivity index (χ4v) is 7.86. The van der Waals surface area contributed by atoms with Gasteiger partial charge >= 0.3 is 17.6 Å². The van der Waals surface area contributed by atoms with Crippen LogP contribution in [0.25, 0.3) is 0 Å². The van der Waals surface area contributed by atoms with Crippen LogP contribution < -0.4 is 5.73 Å². The molecule has 25 heavy (non-hydrogen) atoms. The maximum atomic E-state index is 12.2. The van der Waals surface area contributed by atoms with Gasteiger partial charge in [-0.3, -0.25) is 4.79 Å². The first-order valence-corrected chi connectivity index (χ1v) is 11.7. The highest BCUT2D eigenvalue weighted by Crippen LogP contribution is 2.38. The largest absolute Gasteiger partial charge is 0.508 e. The van der Waals surface area contributed by atoms with Crippen LogP contribution >= 0.6 is 0 Å². The highest BCUT2D eigenvalue weighted by atomic mass is 28.4. The van der Waals surface area contributed by atoms with Crippen LogP contribution in [-0.4, -0.2) is 66.2 Å². The fraction of sp³-hybridized carbons (Fsp3) is 0.800. The average Bonchev–Trinajstić information content (AvgIpc) is 2.64. The summed E-state index contributed by atoms with van der Waals surface area (Å²) in [6.07, 6.45) is 2.99. The van der Waals surface area contributed by atoms with Gasteiger partial charge in [0.25, 0.3) is 0 Å². The van der Waals surface area contributed by atoms with Crippen LogP contribution in [0.4, 0.5) is 0 Å². The third kappa shape index (κ3) is 5.20. The molecule has 0 aromatic rings. The van der Waals surface area contributed by atoms with Gasteiger partial charge in [0.2, 0.25) is 5.91 Å². The number of nitrogens with two attached hydrogens (primary N) is 1. The molecule has 0 radical (unpaired) electrons. The molecular weight excluding hydrogens is 362 g/mol. The number of carbonyl (C=O) groups is 1. The predicted octanol–water partition coefficient (Wildman–Crippen LogP) is 1.71. The van der Waals surface area contributed by atoms with Gasteiger partial charge < -0.3 is 32.3 Å². The number of carbonyl (C=O) groups excluding carboxylic acids is 1. The average molecular weight is 396 g/mol. The molecule has 0 heterocycles. The van der Waals surface area contributed by atoms with Crippen molar-refractivity contribution in [1.82, 2.24) is 0 Å². The Morgan fingerprint density at radius 3 is 1.48 bits per heavy atom. The van der Waals surface area contributed by atoms with Crippen molar-refractivity contribution in [3.8, 4) is 0 Å². The second-order valence-corrected chi connectivity index (χ2v) is 11.7. The molecule has 0 aliphatic carbocycles. The molecule has 2 atom stereocenters. The molecule has 0 saturated heterocycles. The lowest BCUT2D eigenvalue weighted by molar-refractivity contribution is -0.114. The molecule has 0 bridgehead atoms. The normalized spacial score (nSPS) is 15.9. The highest BCUT2D eigenvalue weighted by Gasteiger charge is 2.51. The van der Waals surface area contributed by atoms with E-state index in [2.05, 4.69) is 0 Å². The maximum Gasteiger partial charge on any atom is 0.508 e. The first kappa shape index (κ1) is 24.4. The van der Waals surface area contributed by atoms with E-state index in [-0.39, 0.29) is 5.54 Å². The van der Waals surface area contributed by atoms with E-state index in [4.69, 9.17) is 32.3 Å². The molecule has 2 N–H and O–H groups in total. The van der Waals surface area contributed by atoms with Crippen LogP contribution in [0.5, 0.6) is 0 Å². The van der Waals surface area contributed by atoms with E-state index < -0.39 is 29.1 Å². The van der Waals surface area contributed by atoms with Crippen LogP contribution in [0, 0.1) is 0 Å². The molecule has 0 aromatic carbocycles. The summed E-state index contributed by atoms with van der Waals surface area (Å²) in [5.41, 5.74) is 5.41. The predicted molar refractivity (Wildman–Crippen MR) is 98.9 cm³/mol. The van der Waals surface area contributed by atoms with Crippen LogP contribution in [0.1, 0.15) is 26.7 Å². The monoisotopic (exact) mass is 395 g/mol. The van der Waals surface area contributed by atoms with Crippen molar-refractivity contribution >= 4 is 23.5 Å². The van der Waals surface area contributed by atoms with Gasteiger partial charge in [-0.2, -0.15) is 0 Å². The van der Waals surface area contributed by atoms with Crippen molar-refractivity contribution in [2.45, 2.75) is 37.8 Å². The molecule has 0 aromatic heterocycles. The van der Waals surface area contributed by atoms with Crippen LogP contribution in [-0.2, 0) is 31.4 Å². The molecule has 0 aliphatic rings. The molecule has 148 valence electrons. The van der Waals surface area contributed by atoms with Crippen molar-refractivity contribution in [3.63, 3.8) is 0 Å². The Morgan fingerprint density at radius 1 is 0.840 bits per heavy atom. The Bertz CT molecular complexity index is 423. The third-order valence-electron chi connectivity index (χ3n) is 4.48. The van der Waals surface area contributed by atoms with Crippen LogP contribution in [0.3, 0.4) is 0 Å². The van der Waals surface area contributed by atoms with Crippen LogP contribution in [0.15, 0.2) is 11.6 Å². The van der Waals surface area contributed by atoms with Crippen molar-refractivity contribution in [1.29, 1.82) is 0 Å². The minimum Gasteiger partial charge on any atom is -0.376 e. The maximum absolute atomic E-state index is 12.2. The van der Waals surface area contributed by atoms with E-state index in [9.17, 15) is 4.79 Å². The van der Waals surface area contributed by atoms with Crippen molar-refractivity contribution in [2.75, 3.05) is 42.7 Å². The number of primary amides is 1. The SMILES string of the molecule is CCC(/C=C(\C(N)=O)C(CC)[Si](OC)(OC)OC)[Si](OC)(OC)OC. The lowest BCUT2D eigenvalue weighted by Gasteiger charge is -2.34. The van der Waals surface area contributed by atoms with E-state index in [0.29, 0.717) is 18.4 Å². The van der Waals surface area contributed by atoms with Gasteiger partial charge in [0.15, 0.2) is 0 Å². The fourth-order valence-electron chi connectivity index (χ4n) is 3.10. The van der Waals surface area contributed by atoms with Gasteiger partial charge in [0, 0.05) is 53.8 Å². The summed E-state index contributed by atoms with van der Waals surface area (Å²) >= 11 is 0. The first-order valence-electron chi connectivity index (χ1n) is 8.14. The molecular formula is C15H33NO7Si2. The van der Waals surface area contributed by atoms with E-state index in [1.54, 1.807) is 6.08 Å². The lowest BCUT2D eigenvalue weighted by Crippen LogP contribution is -2.50. The van der Waals surface area contributed by atoms with E-state index in [1.807, 2.05) is 13.8 Å². The molecule has 2 unspecified atom stereocenters. The summed E-state index contributed by atoms with van der Waals surface area (Å²) in [5, 5.41) is 0. The Hall–Kier alpha value is -0.596. The molecule has 0 saturated carbocycles. The Morgan fingerprint density at radius 2 is 1.24 bits per heavy atom. The first-order chi connectivity index (χ1) is 11.8. The van der Waals surface area contributed by atoms with Crippen LogP contribution in [0.2, 0.25) is 11.1 Å². The number of rotatable bonds is 13. The zero-order chi connectivity index (χ0) is 19.7. The number of hydrogen-bond donors (Lipinski definition) is 1. The Kier molecular flexibility index (Phi) is 10.9. The number of amides is 1. The van der Waals surface area contributed by atoms with Crippen molar-refractivity contribution < 1.29 is 31.4 Å². The quantitative estimate of drug-likeness (QED) is 0.374. The lowest BCUT2D eigenvalue weighted by atomic mass is 10.1. The summed E-state index contributed by atoms with van der Waals surface area (Å²) in [6, 6.07) is 0. The second kappa shape index (κ2) is 11.2. The molecule has 0 spiro atoms. The van der Waals surface area contributed by atoms with E-state index >= 15 is 0 Å². The Labute approximate surface area is 153 Å². The van der Waals surface area contributed by atoms with Gasteiger partial charge in [0.1, 0.15) is 0 Å². The summed E-state index contributed by atoms with van der Waals surface area (Å²) < 4.78 is 33.4. The molecule has 10 heteroatoms. The van der Waals surface area contributed by atoms with Gasteiger partial charge in [-0.05, 0) is 12.8 Å². The standard InChI is InChI=1S/C15H33NO7Si2/c1-9-12(24(18-3,19-4)20-5)11-13(15(16)17)14(10-2)25(21-6,22-7)23-8/h11-12,14H,9-10H2,1-8H3,(H2,16,17)/b13-11-. The number of allylic oxidation sites excluding steroid dienone is 1. The zero-order valence-corrected chi connectivity index (χ0v) is 18.6. The number of hydrogen-bond acceptors (Lipinski definition) is 7. The summed E-state index contributed by atoms with van der Waals surface area (Å²) in [7, 11) is 3.03. The smallest absolute Gasteiger partial charge is 0.376 e. The van der Waals surface area contributed by atoms with Gasteiger partial charge in [-0.15, -0.1) is 0 Å². The molecule has 1 amide bonds. The zero-order valence-electron chi connectivity index (χ0n) is 16.6. The van der Waals surface area contributed by atoms with Gasteiger partial charge in [-0.25, -0.2) is 0 Å². The van der Waals surface area contributed by atoms with Crippen molar-refractivity contribution in [3.05, 3.63) is 11.6 Å². The molecule has 0 rings (SSSR count). The molecule has 8 nitrogen and oxygen atoms in total. The third-order valence-corrected chi connectivity index (χ3v) is 10.9. The summed E-state index contributed by atoms with van der Waals surface area (Å²) in [6.45, 7) is 3.89. The van der Waals surface area contributed by atoms with Gasteiger partial charge in [0.05, 0.1) is 5.54 Å². The highest BCUT2D eigenvalue weighted by molar-refractivity contribution is 6.64. The van der Waals surface area contributed by atoms with E-state index in [0.717, 1.165) is 0 Å². The van der Waals surface area contributed by atoms with Gasteiger partial charge in [-0.1, -0.05) is 19.9 Å². The van der Waals surface area contributed by atoms with Crippen molar-refractivity contribution in [2.24, 2.45) is 5.73 Å². The minimum absolute atomic E-state index is 0.249. The van der Waals surface area contributed by atoms with E-state index in [1.165, 1.54) is 42.7 Å². The molecule has 0 aliphatic heterocycles. The summed E-state index contributed by atoms with van der Waals surface area (Å²) in [4.78, 5) is 12.2. The summed E-state index contributed by atoms with van der Waals surface area (Å²) in [5.74, 6) is -0.556. The molecule has 0 fully saturated rings. The minimum atomic E-state index is -3.12.